The summed E-state index contributed by atoms with van der Waals surface area (Å²) < 4.78 is 0. The van der Waals surface area contributed by atoms with E-state index in [1.54, 1.807) is 0 Å². The van der Waals surface area contributed by atoms with Crippen molar-refractivity contribution in [3.05, 3.63) is 0 Å². The normalized spacial score (nSPS) is 15.9. The molecule has 1 aliphatic rings. The van der Waals surface area contributed by atoms with Crippen LogP contribution in [0.2, 0.25) is 0 Å². The highest BCUT2D eigenvalue weighted by atomic mass is 35.5. The Kier molecular flexibility index (Phi) is 17.4. The van der Waals surface area contributed by atoms with Crippen LogP contribution < -0.4 is 0 Å². The molecular formula is C18H38ClNS. The summed E-state index contributed by atoms with van der Waals surface area (Å²) in [5, 5.41) is 0. The largest absolute Gasteiger partial charge is 0.302 e. The number of nitrogens with zero attached hydrogens (tertiary/aromatic N) is 1. The van der Waals surface area contributed by atoms with E-state index in [1.165, 1.54) is 108 Å². The van der Waals surface area contributed by atoms with Crippen molar-refractivity contribution in [3.63, 3.8) is 0 Å². The van der Waals surface area contributed by atoms with Crippen molar-refractivity contribution in [1.29, 1.82) is 0 Å². The first kappa shape index (κ1) is 21.6. The van der Waals surface area contributed by atoms with E-state index < -0.39 is 0 Å². The topological polar surface area (TPSA) is 3.24 Å². The summed E-state index contributed by atoms with van der Waals surface area (Å²) in [5.41, 5.74) is 0. The fraction of sp³-hybridized carbons (Fsp3) is 1.00. The van der Waals surface area contributed by atoms with Crippen LogP contribution in [0.25, 0.3) is 0 Å². The third-order valence-electron chi connectivity index (χ3n) is 4.43. The molecule has 0 aromatic carbocycles. The minimum Gasteiger partial charge on any atom is -0.302 e. The molecule has 0 bridgehead atoms. The van der Waals surface area contributed by atoms with Gasteiger partial charge < -0.3 is 4.90 Å². The van der Waals surface area contributed by atoms with E-state index in [1.807, 2.05) is 0 Å². The second-order valence-electron chi connectivity index (χ2n) is 6.34. The molecule has 0 atom stereocenters. The smallest absolute Gasteiger partial charge is 0.00727 e. The van der Waals surface area contributed by atoms with E-state index in [0.29, 0.717) is 0 Å². The average Bonchev–Trinajstić information content (AvgIpc) is 2.49. The molecule has 0 saturated carbocycles. The molecule has 21 heavy (non-hydrogen) atoms. The van der Waals surface area contributed by atoms with Crippen LogP contribution in [-0.4, -0.2) is 36.0 Å². The van der Waals surface area contributed by atoms with Crippen molar-refractivity contribution in [3.8, 4) is 0 Å². The summed E-state index contributed by atoms with van der Waals surface area (Å²) in [6, 6.07) is 0. The Morgan fingerprint density at radius 2 is 1.10 bits per heavy atom. The van der Waals surface area contributed by atoms with Gasteiger partial charge in [0, 0.05) is 24.6 Å². The highest BCUT2D eigenvalue weighted by molar-refractivity contribution is 7.99. The molecule has 0 unspecified atom stereocenters. The maximum atomic E-state index is 2.66. The lowest BCUT2D eigenvalue weighted by Crippen LogP contribution is -2.33. The number of hydrogen-bond acceptors (Lipinski definition) is 2. The number of halogens is 1. The monoisotopic (exact) mass is 335 g/mol. The number of hydrogen-bond donors (Lipinski definition) is 0. The Labute approximate surface area is 144 Å². The molecule has 0 spiro atoms. The van der Waals surface area contributed by atoms with Crippen LogP contribution in [0.3, 0.4) is 0 Å². The van der Waals surface area contributed by atoms with Crippen molar-refractivity contribution in [2.24, 2.45) is 0 Å². The molecule has 1 rings (SSSR count). The molecule has 1 aliphatic heterocycles. The van der Waals surface area contributed by atoms with E-state index in [0.717, 1.165) is 0 Å². The van der Waals surface area contributed by atoms with E-state index in [4.69, 9.17) is 0 Å². The van der Waals surface area contributed by atoms with Gasteiger partial charge in [0.05, 0.1) is 0 Å². The lowest BCUT2D eigenvalue weighted by Gasteiger charge is -2.25. The first-order chi connectivity index (χ1) is 9.93. The summed E-state index contributed by atoms with van der Waals surface area (Å²) in [7, 11) is 0. The van der Waals surface area contributed by atoms with Gasteiger partial charge in [-0.2, -0.15) is 11.8 Å². The van der Waals surface area contributed by atoms with Crippen molar-refractivity contribution in [1.82, 2.24) is 4.90 Å². The Hall–Kier alpha value is 0.600. The summed E-state index contributed by atoms with van der Waals surface area (Å²) in [5.74, 6) is 2.72. The van der Waals surface area contributed by atoms with Gasteiger partial charge in [0.25, 0.3) is 0 Å². The van der Waals surface area contributed by atoms with E-state index in [9.17, 15) is 0 Å². The second-order valence-corrected chi connectivity index (χ2v) is 7.57. The minimum atomic E-state index is 0. The van der Waals surface area contributed by atoms with Gasteiger partial charge in [-0.1, -0.05) is 77.6 Å². The van der Waals surface area contributed by atoms with Crippen molar-refractivity contribution in [2.75, 3.05) is 31.1 Å². The molecule has 0 radical (unpaired) electrons. The molecule has 0 N–H and O–H groups in total. The summed E-state index contributed by atoms with van der Waals surface area (Å²) in [6.45, 7) is 6.33. The Morgan fingerprint density at radius 1 is 0.667 bits per heavy atom. The SMILES string of the molecule is CCCCCCCCCCCCCCN1CCSCC1.Cl. The number of thioether (sulfide) groups is 1. The third-order valence-corrected chi connectivity index (χ3v) is 5.37. The third kappa shape index (κ3) is 14.0. The molecule has 1 saturated heterocycles. The van der Waals surface area contributed by atoms with Crippen LogP contribution in [0, 0.1) is 0 Å². The predicted octanol–water partition coefficient (Wildman–Crippen LogP) is 6.16. The first-order valence-corrected chi connectivity index (χ1v) is 10.4. The molecule has 0 aliphatic carbocycles. The van der Waals surface area contributed by atoms with E-state index in [-0.39, 0.29) is 12.4 Å². The van der Waals surface area contributed by atoms with Crippen LogP contribution in [0.1, 0.15) is 84.0 Å². The van der Waals surface area contributed by atoms with Gasteiger partial charge in [0.15, 0.2) is 0 Å². The Morgan fingerprint density at radius 3 is 1.57 bits per heavy atom. The van der Waals surface area contributed by atoms with Gasteiger partial charge in [0.1, 0.15) is 0 Å². The molecule has 1 fully saturated rings. The van der Waals surface area contributed by atoms with Crippen LogP contribution in [-0.2, 0) is 0 Å². The highest BCUT2D eigenvalue weighted by Gasteiger charge is 2.08. The maximum absolute atomic E-state index is 2.66. The average molecular weight is 336 g/mol. The van der Waals surface area contributed by atoms with E-state index >= 15 is 0 Å². The molecular weight excluding hydrogens is 298 g/mol. The quantitative estimate of drug-likeness (QED) is 0.371. The van der Waals surface area contributed by atoms with Crippen molar-refractivity contribution in [2.45, 2.75) is 84.0 Å². The minimum absolute atomic E-state index is 0. The Bertz CT molecular complexity index is 196. The standard InChI is InChI=1S/C18H37NS.ClH/c1-2-3-4-5-6-7-8-9-10-11-12-13-14-19-15-17-20-18-16-19;/h2-18H2,1H3;1H. The van der Waals surface area contributed by atoms with Crippen molar-refractivity contribution >= 4 is 24.2 Å². The lowest BCUT2D eigenvalue weighted by atomic mass is 10.1. The van der Waals surface area contributed by atoms with Crippen LogP contribution in [0.4, 0.5) is 0 Å². The van der Waals surface area contributed by atoms with E-state index in [2.05, 4.69) is 23.6 Å². The van der Waals surface area contributed by atoms with Gasteiger partial charge in [-0.05, 0) is 13.0 Å². The fourth-order valence-electron chi connectivity index (χ4n) is 3.00. The first-order valence-electron chi connectivity index (χ1n) is 9.23. The zero-order valence-electron chi connectivity index (χ0n) is 14.3. The van der Waals surface area contributed by atoms with Gasteiger partial charge in [-0.25, -0.2) is 0 Å². The predicted molar refractivity (Wildman–Crippen MR) is 102 cm³/mol. The van der Waals surface area contributed by atoms with Gasteiger partial charge in [0.2, 0.25) is 0 Å². The zero-order chi connectivity index (χ0) is 14.3. The molecule has 1 nitrogen and oxygen atoms in total. The molecule has 1 heterocycles. The lowest BCUT2D eigenvalue weighted by molar-refractivity contribution is 0.294. The maximum Gasteiger partial charge on any atom is 0.00727 e. The van der Waals surface area contributed by atoms with Crippen LogP contribution in [0.15, 0.2) is 0 Å². The van der Waals surface area contributed by atoms with Crippen molar-refractivity contribution < 1.29 is 0 Å². The molecule has 3 heteroatoms. The Balaban J connectivity index is 0.00000400. The molecule has 0 amide bonds. The van der Waals surface area contributed by atoms with Gasteiger partial charge in [-0.15, -0.1) is 12.4 Å². The molecule has 0 aromatic rings. The molecule has 0 aromatic heterocycles. The van der Waals surface area contributed by atoms with Gasteiger partial charge in [-0.3, -0.25) is 0 Å². The number of rotatable bonds is 13. The van der Waals surface area contributed by atoms with Gasteiger partial charge >= 0.3 is 0 Å². The molecule has 128 valence electrons. The van der Waals surface area contributed by atoms with Crippen LogP contribution >= 0.6 is 24.2 Å². The summed E-state index contributed by atoms with van der Waals surface area (Å²) in [4.78, 5) is 2.66. The number of unbranched alkanes of at least 4 members (excludes halogenated alkanes) is 11. The summed E-state index contributed by atoms with van der Waals surface area (Å²) >= 11 is 2.12. The summed E-state index contributed by atoms with van der Waals surface area (Å²) in [6.07, 6.45) is 17.5. The zero-order valence-corrected chi connectivity index (χ0v) is 15.9. The van der Waals surface area contributed by atoms with Crippen LogP contribution in [0.5, 0.6) is 0 Å². The fourth-order valence-corrected chi connectivity index (χ4v) is 3.98. The second kappa shape index (κ2) is 17.0. The highest BCUT2D eigenvalue weighted by Crippen LogP contribution is 2.13.